The van der Waals surface area contributed by atoms with Gasteiger partial charge >= 0.3 is 12.1 Å². The zero-order valence-corrected chi connectivity index (χ0v) is 27.5. The number of aryl methyl sites for hydroxylation is 2. The fraction of sp³-hybridized carbons (Fsp3) is 0.417. The zero-order valence-electron chi connectivity index (χ0n) is 27.5. The molecule has 7 nitrogen and oxygen atoms in total. The minimum atomic E-state index is -4.85. The van der Waals surface area contributed by atoms with E-state index in [2.05, 4.69) is 11.2 Å². The van der Waals surface area contributed by atoms with Crippen LogP contribution in [0.15, 0.2) is 35.3 Å². The van der Waals surface area contributed by atoms with Crippen molar-refractivity contribution in [1.82, 2.24) is 14.8 Å². The number of alkyl halides is 3. The van der Waals surface area contributed by atoms with Gasteiger partial charge in [0.2, 0.25) is 5.91 Å². The van der Waals surface area contributed by atoms with Gasteiger partial charge in [-0.2, -0.15) is 13.2 Å². The van der Waals surface area contributed by atoms with Crippen LogP contribution in [0.25, 0.3) is 11.1 Å². The second kappa shape index (κ2) is 14.9. The van der Waals surface area contributed by atoms with E-state index < -0.39 is 76.3 Å². The van der Waals surface area contributed by atoms with Crippen LogP contribution in [0.5, 0.6) is 0 Å². The lowest BCUT2D eigenvalue weighted by atomic mass is 9.89. The molecule has 0 unspecified atom stereocenters. The van der Waals surface area contributed by atoms with E-state index in [4.69, 9.17) is 6.42 Å². The molecule has 2 N–H and O–H groups in total. The summed E-state index contributed by atoms with van der Waals surface area (Å²) < 4.78 is 89.2. The summed E-state index contributed by atoms with van der Waals surface area (Å²) in [5.74, 6) is -3.96. The van der Waals surface area contributed by atoms with Crippen molar-refractivity contribution in [3.63, 3.8) is 0 Å². The molecule has 2 aromatic carbocycles. The number of rotatable bonds is 12. The van der Waals surface area contributed by atoms with Crippen LogP contribution in [0.4, 0.5) is 26.3 Å². The monoisotopic (exact) mass is 689 g/mol. The molecule has 1 aliphatic rings. The predicted molar refractivity (Wildman–Crippen MR) is 171 cm³/mol. The van der Waals surface area contributed by atoms with Crippen molar-refractivity contribution in [3.05, 3.63) is 91.6 Å². The number of pyridine rings is 1. The first kappa shape index (κ1) is 37.3. The van der Waals surface area contributed by atoms with Crippen LogP contribution in [0.3, 0.4) is 0 Å². The van der Waals surface area contributed by atoms with Crippen LogP contribution in [-0.2, 0) is 22.2 Å². The molecule has 1 saturated heterocycles. The van der Waals surface area contributed by atoms with Crippen molar-refractivity contribution in [3.8, 4) is 23.5 Å². The number of halogens is 6. The number of amides is 1. The van der Waals surface area contributed by atoms with E-state index in [1.807, 2.05) is 4.90 Å². The number of aromatic nitrogens is 1. The van der Waals surface area contributed by atoms with Gasteiger partial charge in [0.05, 0.1) is 23.6 Å². The largest absolute Gasteiger partial charge is 0.481 e. The molecule has 0 spiro atoms. The molecule has 1 amide bonds. The lowest BCUT2D eigenvalue weighted by molar-refractivity contribution is -0.139. The summed E-state index contributed by atoms with van der Waals surface area (Å²) in [6, 6.07) is 0.378. The fourth-order valence-corrected chi connectivity index (χ4v) is 6.23. The molecule has 2 atom stereocenters. The Balaban J connectivity index is 1.84. The summed E-state index contributed by atoms with van der Waals surface area (Å²) in [6.07, 6.45) is 1.41. The van der Waals surface area contributed by atoms with Gasteiger partial charge in [0.15, 0.2) is 0 Å². The van der Waals surface area contributed by atoms with E-state index in [1.165, 1.54) is 13.8 Å². The highest BCUT2D eigenvalue weighted by molar-refractivity contribution is 5.82. The van der Waals surface area contributed by atoms with Gasteiger partial charge < -0.3 is 19.9 Å². The molecule has 0 radical (unpaired) electrons. The van der Waals surface area contributed by atoms with Gasteiger partial charge in [0.25, 0.3) is 5.56 Å². The number of likely N-dealkylation sites (tertiary alicyclic amines) is 1. The molecule has 0 bridgehead atoms. The lowest BCUT2D eigenvalue weighted by Crippen LogP contribution is -2.41. The third-order valence-corrected chi connectivity index (χ3v) is 8.65. The first-order chi connectivity index (χ1) is 22.9. The second-order valence-corrected chi connectivity index (χ2v) is 12.8. The maximum atomic E-state index is 16.4. The van der Waals surface area contributed by atoms with Crippen molar-refractivity contribution in [2.45, 2.75) is 71.6 Å². The Morgan fingerprint density at radius 1 is 1.04 bits per heavy atom. The molecule has 13 heteroatoms. The SMILES string of the molecule is C#Cc1cc(-c2c(C)cc(F)cc2C)c(F)c([C@H](CC(=O)O)NC(=O)[C@@H](CC(C)C)n2cc(CCN3CCC3)c(C(F)(F)F)cc2=O)c1F. The van der Waals surface area contributed by atoms with Crippen molar-refractivity contribution in [2.75, 3.05) is 19.6 Å². The number of terminal acetylenes is 1. The number of carbonyl (C=O) groups excluding carboxylic acids is 1. The number of hydrogen-bond acceptors (Lipinski definition) is 4. The lowest BCUT2D eigenvalue weighted by Gasteiger charge is -2.31. The number of aliphatic carboxylic acids is 1. The Morgan fingerprint density at radius 3 is 2.18 bits per heavy atom. The predicted octanol–water partition coefficient (Wildman–Crippen LogP) is 6.72. The van der Waals surface area contributed by atoms with Crippen molar-refractivity contribution < 1.29 is 41.0 Å². The highest BCUT2D eigenvalue weighted by Gasteiger charge is 2.37. The molecule has 3 aromatic rings. The molecule has 2 heterocycles. The zero-order chi connectivity index (χ0) is 36.4. The van der Waals surface area contributed by atoms with Crippen LogP contribution in [0.2, 0.25) is 0 Å². The van der Waals surface area contributed by atoms with E-state index in [9.17, 15) is 37.1 Å². The van der Waals surface area contributed by atoms with Crippen LogP contribution in [0.1, 0.15) is 78.6 Å². The van der Waals surface area contributed by atoms with E-state index in [0.29, 0.717) is 12.6 Å². The van der Waals surface area contributed by atoms with Crippen molar-refractivity contribution in [1.29, 1.82) is 0 Å². The Morgan fingerprint density at radius 2 is 1.67 bits per heavy atom. The van der Waals surface area contributed by atoms with E-state index in [1.54, 1.807) is 13.8 Å². The second-order valence-electron chi connectivity index (χ2n) is 12.8. The van der Waals surface area contributed by atoms with E-state index >= 15 is 8.78 Å². The molecule has 1 aliphatic heterocycles. The summed E-state index contributed by atoms with van der Waals surface area (Å²) in [5, 5.41) is 12.1. The maximum absolute atomic E-state index is 16.4. The molecular formula is C36H37F6N3O4. The molecule has 49 heavy (non-hydrogen) atoms. The Hall–Kier alpha value is -4.57. The van der Waals surface area contributed by atoms with E-state index in [0.717, 1.165) is 48.5 Å². The number of nitrogens with zero attached hydrogens (tertiary/aromatic N) is 2. The third kappa shape index (κ3) is 8.36. The Labute approximate surface area is 279 Å². The quantitative estimate of drug-likeness (QED) is 0.163. The summed E-state index contributed by atoms with van der Waals surface area (Å²) in [7, 11) is 0. The smallest absolute Gasteiger partial charge is 0.416 e. The molecule has 0 saturated carbocycles. The van der Waals surface area contributed by atoms with Gasteiger partial charge in [-0.25, -0.2) is 13.2 Å². The first-order valence-electron chi connectivity index (χ1n) is 15.7. The standard InChI is InChI=1S/C36H37F6N3O4/c1-6-22-15-25(31-20(4)13-24(37)14-21(31)5)34(39)32(33(22)38)27(17-30(47)48)43-35(49)28(12-19(2)3)45-18-23(8-11-44-9-7-10-44)26(16-29(45)46)36(40,41)42/h1,13-16,18-19,27-28H,7-12,17H2,2-5H3,(H,43,49)(H,47,48)/t27-,28+/m0/s1. The van der Waals surface area contributed by atoms with Crippen molar-refractivity contribution >= 4 is 11.9 Å². The van der Waals surface area contributed by atoms with Gasteiger partial charge in [0, 0.05) is 29.9 Å². The van der Waals surface area contributed by atoms with Crippen LogP contribution in [-0.4, -0.2) is 46.1 Å². The molecule has 4 rings (SSSR count). The van der Waals surface area contributed by atoms with Gasteiger partial charge in [-0.05, 0) is 92.6 Å². The number of hydrogen-bond donors (Lipinski definition) is 2. The highest BCUT2D eigenvalue weighted by atomic mass is 19.4. The number of carboxylic acids is 1. The molecule has 1 fully saturated rings. The fourth-order valence-electron chi connectivity index (χ4n) is 6.23. The molecule has 1 aromatic heterocycles. The van der Waals surface area contributed by atoms with E-state index in [-0.39, 0.29) is 46.6 Å². The number of carbonyl (C=O) groups is 2. The molecule has 0 aliphatic carbocycles. The van der Waals surface area contributed by atoms with Crippen molar-refractivity contribution in [2.24, 2.45) is 5.92 Å². The Kier molecular flexibility index (Phi) is 11.3. The summed E-state index contributed by atoms with van der Waals surface area (Å²) >= 11 is 0. The normalized spacial score (nSPS) is 14.7. The van der Waals surface area contributed by atoms with Gasteiger partial charge in [-0.15, -0.1) is 6.42 Å². The highest BCUT2D eigenvalue weighted by Crippen LogP contribution is 2.38. The first-order valence-corrected chi connectivity index (χ1v) is 15.7. The number of carboxylic acid groups (broad SMARTS) is 1. The topological polar surface area (TPSA) is 91.6 Å². The summed E-state index contributed by atoms with van der Waals surface area (Å²) in [4.78, 5) is 41.1. The number of nitrogens with one attached hydrogen (secondary N) is 1. The minimum absolute atomic E-state index is 0.0624. The summed E-state index contributed by atoms with van der Waals surface area (Å²) in [6.45, 7) is 8.13. The van der Waals surface area contributed by atoms with Gasteiger partial charge in [-0.3, -0.25) is 14.4 Å². The summed E-state index contributed by atoms with van der Waals surface area (Å²) in [5.41, 5.74) is -3.32. The molecular weight excluding hydrogens is 652 g/mol. The average Bonchev–Trinajstić information content (AvgIpc) is 2.95. The maximum Gasteiger partial charge on any atom is 0.416 e. The van der Waals surface area contributed by atoms with Crippen LogP contribution in [0, 0.1) is 49.6 Å². The van der Waals surface area contributed by atoms with Crippen LogP contribution >= 0.6 is 0 Å². The number of benzene rings is 2. The Bertz CT molecular complexity index is 1830. The van der Waals surface area contributed by atoms with Crippen LogP contribution < -0.4 is 10.9 Å². The average molecular weight is 690 g/mol. The minimum Gasteiger partial charge on any atom is -0.481 e. The third-order valence-electron chi connectivity index (χ3n) is 8.65. The van der Waals surface area contributed by atoms with Gasteiger partial charge in [0.1, 0.15) is 23.5 Å². The van der Waals surface area contributed by atoms with Gasteiger partial charge in [-0.1, -0.05) is 19.8 Å². The molecule has 262 valence electrons.